The number of aliphatic hydroxyl groups is 2. The fraction of sp³-hybridized carbons (Fsp3) is 0.636. The Morgan fingerprint density at radius 1 is 1.12 bits per heavy atom. The third-order valence-electron chi connectivity index (χ3n) is 5.24. The summed E-state index contributed by atoms with van der Waals surface area (Å²) in [6.07, 6.45) is 5.44. The Bertz CT molecular complexity index is 646. The summed E-state index contributed by atoms with van der Waals surface area (Å²) in [5.41, 5.74) is 3.04. The first-order chi connectivity index (χ1) is 12.3. The van der Waals surface area contributed by atoms with E-state index in [0.29, 0.717) is 30.6 Å². The number of rotatable bonds is 9. The maximum Gasteiger partial charge on any atom is 0.132 e. The van der Waals surface area contributed by atoms with Gasteiger partial charge in [0.2, 0.25) is 0 Å². The van der Waals surface area contributed by atoms with Crippen molar-refractivity contribution in [3.05, 3.63) is 28.8 Å². The SMILES string of the molecule is CCCCCc1cc(O)c2c(c1)OC(C)(C)C(CC(O)CC)=C2CCO. The van der Waals surface area contributed by atoms with Gasteiger partial charge >= 0.3 is 0 Å². The van der Waals surface area contributed by atoms with Crippen LogP contribution in [0.2, 0.25) is 0 Å². The fourth-order valence-corrected chi connectivity index (χ4v) is 3.75. The lowest BCUT2D eigenvalue weighted by Crippen LogP contribution is -2.36. The Kier molecular flexibility index (Phi) is 7.13. The van der Waals surface area contributed by atoms with Gasteiger partial charge in [-0.25, -0.2) is 0 Å². The number of fused-ring (bicyclic) bond motifs is 1. The molecule has 0 spiro atoms. The molecule has 26 heavy (non-hydrogen) atoms. The van der Waals surface area contributed by atoms with Crippen LogP contribution in [0.25, 0.3) is 5.57 Å². The van der Waals surface area contributed by atoms with Gasteiger partial charge in [0.05, 0.1) is 11.7 Å². The van der Waals surface area contributed by atoms with Gasteiger partial charge < -0.3 is 20.1 Å². The standard InChI is InChI=1S/C22H34O4/c1-5-7-8-9-15-12-19(25)21-17(10-11-23)18(14-16(24)6-2)22(3,4)26-20(21)13-15/h12-13,16,23-25H,5-11,14H2,1-4H3. The van der Waals surface area contributed by atoms with E-state index in [-0.39, 0.29) is 12.4 Å². The molecule has 4 nitrogen and oxygen atoms in total. The fourth-order valence-electron chi connectivity index (χ4n) is 3.75. The molecular formula is C22H34O4. The first-order valence-electron chi connectivity index (χ1n) is 9.90. The maximum absolute atomic E-state index is 10.7. The van der Waals surface area contributed by atoms with Crippen molar-refractivity contribution in [2.75, 3.05) is 6.61 Å². The molecular weight excluding hydrogens is 328 g/mol. The zero-order valence-electron chi connectivity index (χ0n) is 16.6. The highest BCUT2D eigenvalue weighted by atomic mass is 16.5. The summed E-state index contributed by atoms with van der Waals surface area (Å²) in [6.45, 7) is 8.10. The van der Waals surface area contributed by atoms with Crippen molar-refractivity contribution < 1.29 is 20.1 Å². The molecule has 0 fully saturated rings. The van der Waals surface area contributed by atoms with Crippen LogP contribution >= 0.6 is 0 Å². The van der Waals surface area contributed by atoms with E-state index < -0.39 is 11.7 Å². The Labute approximate surface area is 157 Å². The van der Waals surface area contributed by atoms with E-state index in [1.807, 2.05) is 32.9 Å². The maximum atomic E-state index is 10.7. The summed E-state index contributed by atoms with van der Waals surface area (Å²) >= 11 is 0. The lowest BCUT2D eigenvalue weighted by Gasteiger charge is -2.38. The lowest BCUT2D eigenvalue weighted by atomic mass is 9.80. The number of ether oxygens (including phenoxy) is 1. The minimum atomic E-state index is -0.581. The minimum absolute atomic E-state index is 0.00569. The molecule has 0 saturated heterocycles. The molecule has 0 aliphatic carbocycles. The summed E-state index contributed by atoms with van der Waals surface area (Å²) in [5, 5.41) is 30.5. The zero-order chi connectivity index (χ0) is 19.3. The lowest BCUT2D eigenvalue weighted by molar-refractivity contribution is 0.114. The van der Waals surface area contributed by atoms with Gasteiger partial charge in [-0.1, -0.05) is 26.7 Å². The van der Waals surface area contributed by atoms with E-state index in [1.165, 1.54) is 6.42 Å². The van der Waals surface area contributed by atoms with E-state index in [4.69, 9.17) is 4.74 Å². The van der Waals surface area contributed by atoms with Crippen molar-refractivity contribution in [1.82, 2.24) is 0 Å². The monoisotopic (exact) mass is 362 g/mol. The van der Waals surface area contributed by atoms with E-state index in [1.54, 1.807) is 0 Å². The highest BCUT2D eigenvalue weighted by Gasteiger charge is 2.36. The topological polar surface area (TPSA) is 69.9 Å². The largest absolute Gasteiger partial charge is 0.507 e. The van der Waals surface area contributed by atoms with Crippen LogP contribution in [-0.4, -0.2) is 33.6 Å². The summed E-state index contributed by atoms with van der Waals surface area (Å²) < 4.78 is 6.27. The molecule has 1 aliphatic heterocycles. The molecule has 146 valence electrons. The molecule has 0 amide bonds. The highest BCUT2D eigenvalue weighted by Crippen LogP contribution is 2.48. The molecule has 2 rings (SSSR count). The van der Waals surface area contributed by atoms with Crippen LogP contribution in [0, 0.1) is 0 Å². The molecule has 1 aromatic carbocycles. The predicted octanol–water partition coefficient (Wildman–Crippen LogP) is 4.59. The third kappa shape index (κ3) is 4.60. The van der Waals surface area contributed by atoms with Gasteiger partial charge in [0.15, 0.2) is 0 Å². The predicted molar refractivity (Wildman–Crippen MR) is 106 cm³/mol. The number of aliphatic hydroxyl groups excluding tert-OH is 2. The van der Waals surface area contributed by atoms with E-state index in [9.17, 15) is 15.3 Å². The van der Waals surface area contributed by atoms with E-state index in [0.717, 1.165) is 36.0 Å². The van der Waals surface area contributed by atoms with Crippen molar-refractivity contribution in [2.24, 2.45) is 0 Å². The second-order valence-corrected chi connectivity index (χ2v) is 7.75. The normalized spacial score (nSPS) is 17.0. The van der Waals surface area contributed by atoms with Crippen LogP contribution in [0.5, 0.6) is 11.5 Å². The molecule has 1 unspecified atom stereocenters. The van der Waals surface area contributed by atoms with Crippen LogP contribution in [0.4, 0.5) is 0 Å². The highest BCUT2D eigenvalue weighted by molar-refractivity contribution is 5.80. The molecule has 0 aromatic heterocycles. The number of unbranched alkanes of at least 4 members (excludes halogenated alkanes) is 2. The van der Waals surface area contributed by atoms with Crippen molar-refractivity contribution >= 4 is 5.57 Å². The average Bonchev–Trinajstić information content (AvgIpc) is 2.57. The molecule has 3 N–H and O–H groups in total. The molecule has 1 heterocycles. The number of benzene rings is 1. The van der Waals surface area contributed by atoms with Gasteiger partial charge in [-0.3, -0.25) is 0 Å². The van der Waals surface area contributed by atoms with Gasteiger partial charge in [0.1, 0.15) is 17.1 Å². The van der Waals surface area contributed by atoms with Crippen molar-refractivity contribution in [3.63, 3.8) is 0 Å². The van der Waals surface area contributed by atoms with Gasteiger partial charge in [-0.05, 0) is 74.8 Å². The zero-order valence-corrected chi connectivity index (χ0v) is 16.6. The van der Waals surface area contributed by atoms with Crippen LogP contribution in [-0.2, 0) is 6.42 Å². The Morgan fingerprint density at radius 3 is 2.46 bits per heavy atom. The van der Waals surface area contributed by atoms with E-state index >= 15 is 0 Å². The number of phenols is 1. The Hall–Kier alpha value is -1.52. The Balaban J connectivity index is 2.50. The molecule has 4 heteroatoms. The molecule has 0 bridgehead atoms. The van der Waals surface area contributed by atoms with Gasteiger partial charge in [-0.15, -0.1) is 0 Å². The van der Waals surface area contributed by atoms with Crippen LogP contribution in [0.3, 0.4) is 0 Å². The van der Waals surface area contributed by atoms with Crippen molar-refractivity contribution in [1.29, 1.82) is 0 Å². The molecule has 1 atom stereocenters. The number of hydrogen-bond donors (Lipinski definition) is 3. The summed E-state index contributed by atoms with van der Waals surface area (Å²) in [5.74, 6) is 0.885. The van der Waals surface area contributed by atoms with Crippen molar-refractivity contribution in [2.45, 2.75) is 84.3 Å². The third-order valence-corrected chi connectivity index (χ3v) is 5.24. The molecule has 0 saturated carbocycles. The average molecular weight is 363 g/mol. The second-order valence-electron chi connectivity index (χ2n) is 7.75. The number of hydrogen-bond acceptors (Lipinski definition) is 4. The number of aryl methyl sites for hydroxylation is 1. The summed E-state index contributed by atoms with van der Waals surface area (Å²) in [4.78, 5) is 0. The van der Waals surface area contributed by atoms with Gasteiger partial charge in [0, 0.05) is 6.61 Å². The van der Waals surface area contributed by atoms with E-state index in [2.05, 4.69) is 6.92 Å². The van der Waals surface area contributed by atoms with Gasteiger partial charge in [0.25, 0.3) is 0 Å². The Morgan fingerprint density at radius 2 is 1.85 bits per heavy atom. The van der Waals surface area contributed by atoms with Crippen LogP contribution in [0.15, 0.2) is 17.7 Å². The molecule has 0 radical (unpaired) electrons. The smallest absolute Gasteiger partial charge is 0.132 e. The molecule has 1 aliphatic rings. The van der Waals surface area contributed by atoms with Crippen molar-refractivity contribution in [3.8, 4) is 11.5 Å². The summed E-state index contributed by atoms with van der Waals surface area (Å²) in [6, 6.07) is 3.85. The first-order valence-corrected chi connectivity index (χ1v) is 9.90. The quantitative estimate of drug-likeness (QED) is 0.562. The number of phenolic OH excluding ortho intramolecular Hbond substituents is 1. The van der Waals surface area contributed by atoms with Gasteiger partial charge in [-0.2, -0.15) is 0 Å². The van der Waals surface area contributed by atoms with Crippen LogP contribution in [0.1, 0.15) is 77.3 Å². The second kappa shape index (κ2) is 8.92. The molecule has 1 aromatic rings. The minimum Gasteiger partial charge on any atom is -0.507 e. The first kappa shape index (κ1) is 20.8. The van der Waals surface area contributed by atoms with Crippen LogP contribution < -0.4 is 4.74 Å². The summed E-state index contributed by atoms with van der Waals surface area (Å²) in [7, 11) is 0. The number of aromatic hydroxyl groups is 1.